The second-order valence-corrected chi connectivity index (χ2v) is 5.11. The average Bonchev–Trinajstić information content (AvgIpc) is 2.77. The topological polar surface area (TPSA) is 50.4 Å². The van der Waals surface area contributed by atoms with Crippen molar-refractivity contribution >= 4 is 35.0 Å². The highest BCUT2D eigenvalue weighted by Crippen LogP contribution is 2.22. The summed E-state index contributed by atoms with van der Waals surface area (Å²) in [6.45, 7) is 2.31. The molecule has 0 saturated carbocycles. The van der Waals surface area contributed by atoms with Gasteiger partial charge in [-0.15, -0.1) is 0 Å². The van der Waals surface area contributed by atoms with Gasteiger partial charge in [0.2, 0.25) is 0 Å². The maximum Gasteiger partial charge on any atom is 0.411 e. The van der Waals surface area contributed by atoms with Gasteiger partial charge in [-0.25, -0.2) is 4.79 Å². The molecular formula is C12H14Cl2N2O2. The predicted molar refractivity (Wildman–Crippen MR) is 72.4 cm³/mol. The van der Waals surface area contributed by atoms with Crippen molar-refractivity contribution in [1.82, 2.24) is 5.32 Å². The lowest BCUT2D eigenvalue weighted by Crippen LogP contribution is -2.20. The first kappa shape index (κ1) is 13.5. The molecule has 18 heavy (non-hydrogen) atoms. The van der Waals surface area contributed by atoms with Gasteiger partial charge in [-0.2, -0.15) is 0 Å². The molecule has 1 unspecified atom stereocenters. The second kappa shape index (κ2) is 6.27. The molecule has 6 heteroatoms. The summed E-state index contributed by atoms with van der Waals surface area (Å²) >= 11 is 11.7. The molecule has 1 amide bonds. The van der Waals surface area contributed by atoms with E-state index in [9.17, 15) is 4.79 Å². The van der Waals surface area contributed by atoms with Crippen molar-refractivity contribution in [3.8, 4) is 0 Å². The molecule has 1 fully saturated rings. The normalized spacial score (nSPS) is 18.7. The third-order valence-electron chi connectivity index (χ3n) is 2.72. The molecule has 1 aliphatic rings. The van der Waals surface area contributed by atoms with Gasteiger partial charge in [0, 0.05) is 28.2 Å². The Labute approximate surface area is 116 Å². The number of benzene rings is 1. The molecule has 1 aliphatic heterocycles. The third kappa shape index (κ3) is 4.05. The van der Waals surface area contributed by atoms with E-state index in [-0.39, 0.29) is 0 Å². The fourth-order valence-electron chi connectivity index (χ4n) is 1.83. The van der Waals surface area contributed by atoms with Crippen molar-refractivity contribution in [2.45, 2.75) is 6.42 Å². The van der Waals surface area contributed by atoms with Crippen molar-refractivity contribution in [1.29, 1.82) is 0 Å². The molecule has 2 N–H and O–H groups in total. The van der Waals surface area contributed by atoms with Crippen LogP contribution in [0.4, 0.5) is 10.5 Å². The van der Waals surface area contributed by atoms with E-state index in [2.05, 4.69) is 10.6 Å². The highest BCUT2D eigenvalue weighted by Gasteiger charge is 2.16. The summed E-state index contributed by atoms with van der Waals surface area (Å²) in [4.78, 5) is 11.6. The fourth-order valence-corrected chi connectivity index (χ4v) is 2.36. The van der Waals surface area contributed by atoms with Crippen LogP contribution in [0, 0.1) is 5.92 Å². The van der Waals surface area contributed by atoms with Crippen molar-refractivity contribution in [2.24, 2.45) is 5.92 Å². The van der Waals surface area contributed by atoms with Crippen LogP contribution in [-0.2, 0) is 4.74 Å². The van der Waals surface area contributed by atoms with Gasteiger partial charge >= 0.3 is 6.09 Å². The van der Waals surface area contributed by atoms with Crippen molar-refractivity contribution in [3.05, 3.63) is 28.2 Å². The van der Waals surface area contributed by atoms with Crippen molar-refractivity contribution in [2.75, 3.05) is 25.0 Å². The molecule has 0 aromatic heterocycles. The maximum atomic E-state index is 11.6. The summed E-state index contributed by atoms with van der Waals surface area (Å²) < 4.78 is 5.13. The van der Waals surface area contributed by atoms with E-state index in [1.54, 1.807) is 18.2 Å². The van der Waals surface area contributed by atoms with Crippen LogP contribution in [0.5, 0.6) is 0 Å². The number of nitrogens with one attached hydrogen (secondary N) is 2. The van der Waals surface area contributed by atoms with Crippen molar-refractivity contribution < 1.29 is 9.53 Å². The Hall–Kier alpha value is -0.970. The van der Waals surface area contributed by atoms with Crippen LogP contribution in [0.1, 0.15) is 6.42 Å². The average molecular weight is 289 g/mol. The SMILES string of the molecule is O=C(Nc1cc(Cl)cc(Cl)c1)OCC1CCNC1. The molecule has 1 heterocycles. The van der Waals surface area contributed by atoms with E-state index >= 15 is 0 Å². The molecular weight excluding hydrogens is 275 g/mol. The Morgan fingerprint density at radius 3 is 2.72 bits per heavy atom. The van der Waals surface area contributed by atoms with Gasteiger partial charge in [0.1, 0.15) is 0 Å². The van der Waals surface area contributed by atoms with Crippen LogP contribution in [-0.4, -0.2) is 25.8 Å². The summed E-state index contributed by atoms with van der Waals surface area (Å²) in [6.07, 6.45) is 0.552. The Bertz CT molecular complexity index is 414. The van der Waals surface area contributed by atoms with Crippen LogP contribution in [0.25, 0.3) is 0 Å². The summed E-state index contributed by atoms with van der Waals surface area (Å²) in [7, 11) is 0. The van der Waals surface area contributed by atoms with E-state index in [4.69, 9.17) is 27.9 Å². The Balaban J connectivity index is 1.82. The zero-order valence-corrected chi connectivity index (χ0v) is 11.2. The number of halogens is 2. The standard InChI is InChI=1S/C12H14Cl2N2O2/c13-9-3-10(14)5-11(4-9)16-12(17)18-7-8-1-2-15-6-8/h3-5,8,15H,1-2,6-7H2,(H,16,17). The van der Waals surface area contributed by atoms with Gasteiger partial charge in [0.25, 0.3) is 0 Å². The van der Waals surface area contributed by atoms with E-state index < -0.39 is 6.09 Å². The lowest BCUT2D eigenvalue weighted by molar-refractivity contribution is 0.144. The number of carbonyl (C=O) groups excluding carboxylic acids is 1. The molecule has 1 aromatic carbocycles. The molecule has 1 atom stereocenters. The number of anilines is 1. The molecule has 2 rings (SSSR count). The summed E-state index contributed by atoms with van der Waals surface area (Å²) in [5, 5.41) is 6.75. The Kier molecular flexibility index (Phi) is 4.69. The number of rotatable bonds is 3. The molecule has 0 radical (unpaired) electrons. The van der Waals surface area contributed by atoms with E-state index in [1.807, 2.05) is 0 Å². The smallest absolute Gasteiger partial charge is 0.411 e. The fraction of sp³-hybridized carbons (Fsp3) is 0.417. The lowest BCUT2D eigenvalue weighted by atomic mass is 10.1. The number of ether oxygens (including phenoxy) is 1. The Morgan fingerprint density at radius 1 is 1.39 bits per heavy atom. The minimum absolute atomic E-state index is 0.402. The molecule has 0 aliphatic carbocycles. The lowest BCUT2D eigenvalue weighted by Gasteiger charge is -2.10. The number of carbonyl (C=O) groups is 1. The molecule has 0 bridgehead atoms. The van der Waals surface area contributed by atoms with Crippen molar-refractivity contribution in [3.63, 3.8) is 0 Å². The van der Waals surface area contributed by atoms with Crippen LogP contribution in [0.2, 0.25) is 10.0 Å². The van der Waals surface area contributed by atoms with Gasteiger partial charge < -0.3 is 10.1 Å². The minimum Gasteiger partial charge on any atom is -0.449 e. The number of hydrogen-bond acceptors (Lipinski definition) is 3. The highest BCUT2D eigenvalue weighted by molar-refractivity contribution is 6.35. The van der Waals surface area contributed by atoms with E-state index in [0.717, 1.165) is 19.5 Å². The second-order valence-electron chi connectivity index (χ2n) is 4.24. The van der Waals surface area contributed by atoms with Gasteiger partial charge in [0.05, 0.1) is 6.61 Å². The highest BCUT2D eigenvalue weighted by atomic mass is 35.5. The molecule has 1 aromatic rings. The van der Waals surface area contributed by atoms with E-state index in [1.165, 1.54) is 0 Å². The quantitative estimate of drug-likeness (QED) is 0.898. The summed E-state index contributed by atoms with van der Waals surface area (Å²) in [6, 6.07) is 4.83. The van der Waals surface area contributed by atoms with Crippen LogP contribution in [0.3, 0.4) is 0 Å². The summed E-state index contributed by atoms with van der Waals surface area (Å²) in [5.41, 5.74) is 0.530. The first-order valence-electron chi connectivity index (χ1n) is 5.74. The molecule has 0 spiro atoms. The minimum atomic E-state index is -0.486. The zero-order chi connectivity index (χ0) is 13.0. The molecule has 4 nitrogen and oxygen atoms in total. The van der Waals surface area contributed by atoms with Crippen LogP contribution in [0.15, 0.2) is 18.2 Å². The molecule has 98 valence electrons. The van der Waals surface area contributed by atoms with E-state index in [0.29, 0.717) is 28.3 Å². The Morgan fingerprint density at radius 2 is 2.11 bits per heavy atom. The van der Waals surface area contributed by atoms with Gasteiger partial charge in [0.15, 0.2) is 0 Å². The first-order valence-corrected chi connectivity index (χ1v) is 6.49. The van der Waals surface area contributed by atoms with Gasteiger partial charge in [-0.05, 0) is 31.2 Å². The monoisotopic (exact) mass is 288 g/mol. The largest absolute Gasteiger partial charge is 0.449 e. The predicted octanol–water partition coefficient (Wildman–Crippen LogP) is 3.15. The first-order chi connectivity index (χ1) is 8.63. The van der Waals surface area contributed by atoms with Gasteiger partial charge in [-0.3, -0.25) is 5.32 Å². The number of amides is 1. The number of hydrogen-bond donors (Lipinski definition) is 2. The van der Waals surface area contributed by atoms with Crippen LogP contribution >= 0.6 is 23.2 Å². The van der Waals surface area contributed by atoms with Crippen LogP contribution < -0.4 is 10.6 Å². The van der Waals surface area contributed by atoms with Gasteiger partial charge in [-0.1, -0.05) is 23.2 Å². The maximum absolute atomic E-state index is 11.6. The third-order valence-corrected chi connectivity index (χ3v) is 3.16. The summed E-state index contributed by atoms with van der Waals surface area (Å²) in [5.74, 6) is 0.402. The molecule has 1 saturated heterocycles. The zero-order valence-electron chi connectivity index (χ0n) is 9.71.